The number of hydrogen-bond donors (Lipinski definition) is 3. The smallest absolute Gasteiger partial charge is 0.251 e. The van der Waals surface area contributed by atoms with Gasteiger partial charge in [0.25, 0.3) is 11.5 Å². The number of anilines is 1. The van der Waals surface area contributed by atoms with Crippen molar-refractivity contribution < 1.29 is 13.2 Å². The van der Waals surface area contributed by atoms with Gasteiger partial charge >= 0.3 is 0 Å². The van der Waals surface area contributed by atoms with E-state index < -0.39 is 9.84 Å². The van der Waals surface area contributed by atoms with E-state index in [0.717, 1.165) is 6.26 Å². The Morgan fingerprint density at radius 3 is 2.64 bits per heavy atom. The Hall–Kier alpha value is -4.82. The Bertz CT molecular complexity index is 1770. The van der Waals surface area contributed by atoms with Crippen LogP contribution in [0.3, 0.4) is 0 Å². The highest BCUT2D eigenvalue weighted by Gasteiger charge is 2.17. The number of carbonyl (C=O) groups excluding carboxylic acids is 1. The molecule has 10 nitrogen and oxygen atoms in total. The molecule has 4 rings (SSSR count). The molecule has 1 aromatic carbocycles. The highest BCUT2D eigenvalue weighted by atomic mass is 32.2. The Labute approximate surface area is 225 Å². The van der Waals surface area contributed by atoms with Crippen molar-refractivity contribution in [3.8, 4) is 6.07 Å². The van der Waals surface area contributed by atoms with Gasteiger partial charge in [0, 0.05) is 66.1 Å². The van der Waals surface area contributed by atoms with Gasteiger partial charge in [-0.15, -0.1) is 0 Å². The number of nitriles is 1. The van der Waals surface area contributed by atoms with Crippen molar-refractivity contribution in [2.45, 2.75) is 31.2 Å². The molecule has 3 aromatic heterocycles. The Kier molecular flexibility index (Phi) is 7.88. The lowest BCUT2D eigenvalue weighted by Crippen LogP contribution is -2.24. The first kappa shape index (κ1) is 27.2. The average Bonchev–Trinajstić information content (AvgIpc) is 2.89. The second-order valence-electron chi connectivity index (χ2n) is 9.08. The number of nitrogens with two attached hydrogens (primary N) is 1. The zero-order valence-electron chi connectivity index (χ0n) is 21.4. The van der Waals surface area contributed by atoms with E-state index in [4.69, 9.17) is 5.73 Å². The summed E-state index contributed by atoms with van der Waals surface area (Å²) < 4.78 is 25.1. The second-order valence-corrected chi connectivity index (χ2v) is 11.1. The number of sulfone groups is 1. The van der Waals surface area contributed by atoms with Crippen LogP contribution < -0.4 is 16.6 Å². The number of nitrogens with zero attached hydrogens (tertiary/aromatic N) is 3. The molecule has 0 spiro atoms. The quantitative estimate of drug-likeness (QED) is 0.305. The molecule has 39 heavy (non-hydrogen) atoms. The van der Waals surface area contributed by atoms with Gasteiger partial charge in [-0.3, -0.25) is 14.6 Å². The number of H-pyrrole nitrogens is 1. The number of nitrogen functional groups attached to an aromatic ring is 1. The van der Waals surface area contributed by atoms with Crippen LogP contribution in [-0.4, -0.2) is 35.5 Å². The standard InChI is InChI=1S/C28H26N6O4S/c1-17-24(22(15-29)14-26(30)34-17)16-33-28(36)21-7-9-31-23(13-21)10-18-5-6-19(25(11-18)39(2,37)38)12-20-4-3-8-32-27(20)35/h3-9,11,13-14H,10,12,16H2,1-2H3,(H2,30,34)(H,32,35)(H,33,36). The van der Waals surface area contributed by atoms with E-state index in [1.807, 2.05) is 0 Å². The molecule has 0 saturated carbocycles. The summed E-state index contributed by atoms with van der Waals surface area (Å²) in [5.41, 5.74) is 9.52. The minimum atomic E-state index is -3.58. The Morgan fingerprint density at radius 1 is 1.13 bits per heavy atom. The molecule has 1 amide bonds. The zero-order chi connectivity index (χ0) is 28.2. The molecule has 3 heterocycles. The summed E-state index contributed by atoms with van der Waals surface area (Å²) in [6.07, 6.45) is 4.62. The molecule has 4 aromatic rings. The predicted octanol–water partition coefficient (Wildman–Crippen LogP) is 2.44. The summed E-state index contributed by atoms with van der Waals surface area (Å²) in [6.45, 7) is 1.82. The molecular weight excluding hydrogens is 516 g/mol. The first-order valence-corrected chi connectivity index (χ1v) is 13.8. The van der Waals surface area contributed by atoms with Gasteiger partial charge in [-0.05, 0) is 48.4 Å². The monoisotopic (exact) mass is 542 g/mol. The van der Waals surface area contributed by atoms with E-state index in [2.05, 4.69) is 26.3 Å². The molecule has 0 unspecified atom stereocenters. The summed E-state index contributed by atoms with van der Waals surface area (Å²) in [4.78, 5) is 36.2. The predicted molar refractivity (Wildman–Crippen MR) is 146 cm³/mol. The number of benzene rings is 1. The lowest BCUT2D eigenvalue weighted by molar-refractivity contribution is 0.0950. The number of nitrogens with one attached hydrogen (secondary N) is 2. The maximum atomic E-state index is 12.9. The third-order valence-corrected chi connectivity index (χ3v) is 7.35. The molecule has 11 heteroatoms. The largest absolute Gasteiger partial charge is 0.384 e. The lowest BCUT2D eigenvalue weighted by Gasteiger charge is -2.12. The van der Waals surface area contributed by atoms with Crippen LogP contribution in [0.2, 0.25) is 0 Å². The van der Waals surface area contributed by atoms with Gasteiger partial charge in [-0.1, -0.05) is 18.2 Å². The van der Waals surface area contributed by atoms with E-state index in [9.17, 15) is 23.3 Å². The topological polar surface area (TPSA) is 172 Å². The molecule has 0 saturated heterocycles. The van der Waals surface area contributed by atoms with Gasteiger partial charge in [0.1, 0.15) is 5.82 Å². The van der Waals surface area contributed by atoms with Crippen molar-refractivity contribution in [2.24, 2.45) is 0 Å². The van der Waals surface area contributed by atoms with Gasteiger partial charge in [-0.2, -0.15) is 5.26 Å². The van der Waals surface area contributed by atoms with E-state index in [1.54, 1.807) is 49.4 Å². The molecule has 0 bridgehead atoms. The molecule has 0 atom stereocenters. The highest BCUT2D eigenvalue weighted by Crippen LogP contribution is 2.22. The van der Waals surface area contributed by atoms with Crippen LogP contribution in [0, 0.1) is 18.3 Å². The number of aromatic nitrogens is 3. The zero-order valence-corrected chi connectivity index (χ0v) is 22.2. The van der Waals surface area contributed by atoms with Crippen molar-refractivity contribution in [1.82, 2.24) is 20.3 Å². The van der Waals surface area contributed by atoms with Crippen molar-refractivity contribution >= 4 is 21.6 Å². The summed E-state index contributed by atoms with van der Waals surface area (Å²) in [7, 11) is -3.58. The first-order valence-electron chi connectivity index (χ1n) is 11.9. The summed E-state index contributed by atoms with van der Waals surface area (Å²) in [6, 6.07) is 15.2. The van der Waals surface area contributed by atoms with E-state index in [-0.39, 0.29) is 41.6 Å². The molecule has 198 valence electrons. The molecule has 0 aliphatic heterocycles. The van der Waals surface area contributed by atoms with E-state index in [0.29, 0.717) is 44.8 Å². The van der Waals surface area contributed by atoms with Crippen molar-refractivity contribution in [2.75, 3.05) is 12.0 Å². The highest BCUT2D eigenvalue weighted by molar-refractivity contribution is 7.90. The van der Waals surface area contributed by atoms with Crippen LogP contribution in [0.1, 0.15) is 49.6 Å². The maximum absolute atomic E-state index is 12.9. The van der Waals surface area contributed by atoms with Gasteiger partial charge in [-0.25, -0.2) is 13.4 Å². The fraction of sp³-hybridized carbons (Fsp3) is 0.179. The fourth-order valence-corrected chi connectivity index (χ4v) is 5.23. The minimum Gasteiger partial charge on any atom is -0.384 e. The third-order valence-electron chi connectivity index (χ3n) is 6.17. The molecule has 0 radical (unpaired) electrons. The first-order chi connectivity index (χ1) is 18.5. The Balaban J connectivity index is 1.53. The summed E-state index contributed by atoms with van der Waals surface area (Å²) >= 11 is 0. The van der Waals surface area contributed by atoms with Gasteiger partial charge in [0.2, 0.25) is 0 Å². The van der Waals surface area contributed by atoms with Crippen molar-refractivity contribution in [3.05, 3.63) is 116 Å². The SMILES string of the molecule is Cc1nc(N)cc(C#N)c1CNC(=O)c1ccnc(Cc2ccc(Cc3ccc[nH]c3=O)c(S(C)(=O)=O)c2)c1. The van der Waals surface area contributed by atoms with Crippen LogP contribution in [0.15, 0.2) is 70.6 Å². The minimum absolute atomic E-state index is 0.0991. The summed E-state index contributed by atoms with van der Waals surface area (Å²) in [5.74, 6) is -0.127. The molecule has 0 aliphatic carbocycles. The molecular formula is C28H26N6O4S. The normalized spacial score (nSPS) is 11.1. The van der Waals surface area contributed by atoms with Gasteiger partial charge in [0.05, 0.1) is 16.5 Å². The Morgan fingerprint density at radius 2 is 1.92 bits per heavy atom. The van der Waals surface area contributed by atoms with Gasteiger partial charge in [0.15, 0.2) is 9.84 Å². The molecule has 0 aliphatic rings. The maximum Gasteiger partial charge on any atom is 0.251 e. The van der Waals surface area contributed by atoms with Gasteiger partial charge < -0.3 is 16.0 Å². The van der Waals surface area contributed by atoms with Crippen LogP contribution in [-0.2, 0) is 29.2 Å². The lowest BCUT2D eigenvalue weighted by atomic mass is 10.0. The van der Waals surface area contributed by atoms with Crippen LogP contribution in [0.25, 0.3) is 0 Å². The number of pyridine rings is 3. The van der Waals surface area contributed by atoms with Crippen molar-refractivity contribution in [3.63, 3.8) is 0 Å². The third kappa shape index (κ3) is 6.55. The van der Waals surface area contributed by atoms with Crippen molar-refractivity contribution in [1.29, 1.82) is 5.26 Å². The number of amides is 1. The number of rotatable bonds is 8. The van der Waals surface area contributed by atoms with Crippen LogP contribution in [0.5, 0.6) is 0 Å². The summed E-state index contributed by atoms with van der Waals surface area (Å²) in [5, 5.41) is 12.2. The number of hydrogen-bond acceptors (Lipinski definition) is 8. The molecule has 0 fully saturated rings. The van der Waals surface area contributed by atoms with Crippen LogP contribution in [0.4, 0.5) is 5.82 Å². The fourth-order valence-electron chi connectivity index (χ4n) is 4.24. The second kappa shape index (κ2) is 11.3. The average molecular weight is 543 g/mol. The van der Waals surface area contributed by atoms with E-state index >= 15 is 0 Å². The molecule has 4 N–H and O–H groups in total. The van der Waals surface area contributed by atoms with Crippen LogP contribution >= 0.6 is 0 Å². The van der Waals surface area contributed by atoms with E-state index in [1.165, 1.54) is 18.5 Å². The number of aryl methyl sites for hydroxylation is 1. The number of aromatic amines is 1. The number of carbonyl (C=O) groups is 1.